The molecule has 1 aromatic carbocycles. The molecule has 2 aromatic rings. The highest BCUT2D eigenvalue weighted by atomic mass is 16.5. The van der Waals surface area contributed by atoms with E-state index < -0.39 is 0 Å². The lowest BCUT2D eigenvalue weighted by molar-refractivity contribution is 0.0943. The third-order valence-corrected chi connectivity index (χ3v) is 3.34. The van der Waals surface area contributed by atoms with Crippen molar-refractivity contribution < 1.29 is 9.53 Å². The maximum Gasteiger partial charge on any atom is 0.274 e. The van der Waals surface area contributed by atoms with Gasteiger partial charge in [0.2, 0.25) is 0 Å². The van der Waals surface area contributed by atoms with E-state index in [1.807, 2.05) is 13.8 Å². The summed E-state index contributed by atoms with van der Waals surface area (Å²) in [5, 5.41) is 8.16. The minimum absolute atomic E-state index is 0.114. The van der Waals surface area contributed by atoms with Gasteiger partial charge in [-0.3, -0.25) is 9.59 Å². The van der Waals surface area contributed by atoms with E-state index in [4.69, 9.17) is 4.74 Å². The number of benzene rings is 1. The van der Waals surface area contributed by atoms with E-state index in [1.54, 1.807) is 31.4 Å². The van der Waals surface area contributed by atoms with E-state index in [-0.39, 0.29) is 23.2 Å². The smallest absolute Gasteiger partial charge is 0.274 e. The number of nitrogens with zero attached hydrogens (tertiary/aromatic N) is 2. The average molecular weight is 303 g/mol. The van der Waals surface area contributed by atoms with E-state index in [0.717, 1.165) is 6.42 Å². The van der Waals surface area contributed by atoms with Crippen LogP contribution in [-0.4, -0.2) is 35.9 Å². The minimum Gasteiger partial charge on any atom is -0.385 e. The van der Waals surface area contributed by atoms with Gasteiger partial charge in [-0.15, -0.1) is 0 Å². The number of nitrogens with one attached hydrogen (secondary N) is 1. The zero-order valence-corrected chi connectivity index (χ0v) is 13.1. The summed E-state index contributed by atoms with van der Waals surface area (Å²) in [6.45, 7) is 4.82. The first-order valence-electron chi connectivity index (χ1n) is 7.35. The molecule has 0 fully saturated rings. The highest BCUT2D eigenvalue weighted by Crippen LogP contribution is 2.14. The Morgan fingerprint density at radius 2 is 2.00 bits per heavy atom. The number of methoxy groups -OCH3 is 1. The van der Waals surface area contributed by atoms with Crippen LogP contribution in [0.4, 0.5) is 0 Å². The molecule has 0 atom stereocenters. The number of amides is 1. The number of hydrogen-bond acceptors (Lipinski definition) is 4. The van der Waals surface area contributed by atoms with Crippen LogP contribution >= 0.6 is 0 Å². The van der Waals surface area contributed by atoms with Crippen LogP contribution < -0.4 is 10.9 Å². The minimum atomic E-state index is -0.276. The molecule has 1 aromatic heterocycles. The normalized spacial score (nSPS) is 11.1. The van der Waals surface area contributed by atoms with Gasteiger partial charge in [0.15, 0.2) is 5.69 Å². The molecule has 0 spiro atoms. The standard InChI is InChI=1S/C16H21N3O3/c1-11(2)19-16(21)13-8-5-4-7-12(13)14(18-19)15(20)17-9-6-10-22-3/h4-5,7-8,11H,6,9-10H2,1-3H3,(H,17,20). The van der Waals surface area contributed by atoms with Gasteiger partial charge in [0, 0.05) is 25.6 Å². The van der Waals surface area contributed by atoms with Crippen LogP contribution in [0.2, 0.25) is 0 Å². The largest absolute Gasteiger partial charge is 0.385 e. The number of fused-ring (bicyclic) bond motifs is 1. The summed E-state index contributed by atoms with van der Waals surface area (Å²) in [5.74, 6) is -0.276. The van der Waals surface area contributed by atoms with Crippen LogP contribution in [0.25, 0.3) is 10.8 Å². The van der Waals surface area contributed by atoms with Gasteiger partial charge in [-0.1, -0.05) is 18.2 Å². The van der Waals surface area contributed by atoms with Crippen molar-refractivity contribution in [2.75, 3.05) is 20.3 Å². The van der Waals surface area contributed by atoms with Gasteiger partial charge in [0.05, 0.1) is 11.4 Å². The highest BCUT2D eigenvalue weighted by molar-refractivity contribution is 6.04. The number of aromatic nitrogens is 2. The summed E-state index contributed by atoms with van der Waals surface area (Å²) < 4.78 is 6.31. The van der Waals surface area contributed by atoms with Crippen LogP contribution in [0, 0.1) is 0 Å². The summed E-state index contributed by atoms with van der Waals surface area (Å²) in [6, 6.07) is 6.94. The van der Waals surface area contributed by atoms with Crippen molar-refractivity contribution in [2.24, 2.45) is 0 Å². The van der Waals surface area contributed by atoms with Crippen LogP contribution in [-0.2, 0) is 4.74 Å². The fourth-order valence-corrected chi connectivity index (χ4v) is 2.23. The van der Waals surface area contributed by atoms with E-state index in [0.29, 0.717) is 23.9 Å². The monoisotopic (exact) mass is 303 g/mol. The van der Waals surface area contributed by atoms with E-state index >= 15 is 0 Å². The fourth-order valence-electron chi connectivity index (χ4n) is 2.23. The predicted octanol–water partition coefficient (Wildman–Crippen LogP) is 1.74. The van der Waals surface area contributed by atoms with E-state index in [1.165, 1.54) is 4.68 Å². The molecule has 0 unspecified atom stereocenters. The molecule has 6 nitrogen and oxygen atoms in total. The number of carbonyl (C=O) groups excluding carboxylic acids is 1. The second-order valence-electron chi connectivity index (χ2n) is 5.34. The molecule has 1 N–H and O–H groups in total. The lowest BCUT2D eigenvalue weighted by Crippen LogP contribution is -2.32. The molecule has 0 bridgehead atoms. The molecule has 0 saturated heterocycles. The number of rotatable bonds is 6. The lowest BCUT2D eigenvalue weighted by atomic mass is 10.1. The zero-order chi connectivity index (χ0) is 16.1. The Bertz CT molecular complexity index is 722. The zero-order valence-electron chi connectivity index (χ0n) is 13.1. The Balaban J connectivity index is 2.42. The molecule has 0 aliphatic rings. The summed E-state index contributed by atoms with van der Waals surface area (Å²) in [7, 11) is 1.62. The average Bonchev–Trinajstić information content (AvgIpc) is 2.51. The molecular formula is C16H21N3O3. The number of hydrogen-bond donors (Lipinski definition) is 1. The molecule has 22 heavy (non-hydrogen) atoms. The number of ether oxygens (including phenoxy) is 1. The van der Waals surface area contributed by atoms with Gasteiger partial charge in [-0.2, -0.15) is 5.10 Å². The molecule has 118 valence electrons. The second kappa shape index (κ2) is 7.17. The summed E-state index contributed by atoms with van der Waals surface area (Å²) in [6.07, 6.45) is 0.726. The molecule has 0 saturated carbocycles. The Labute approximate surface area is 129 Å². The van der Waals surface area contributed by atoms with E-state index in [9.17, 15) is 9.59 Å². The van der Waals surface area contributed by atoms with Crippen molar-refractivity contribution in [3.8, 4) is 0 Å². The van der Waals surface area contributed by atoms with E-state index in [2.05, 4.69) is 10.4 Å². The Morgan fingerprint density at radius 1 is 1.32 bits per heavy atom. The fraction of sp³-hybridized carbons (Fsp3) is 0.438. The summed E-state index contributed by atoms with van der Waals surface area (Å²) >= 11 is 0. The first kappa shape index (κ1) is 16.2. The summed E-state index contributed by atoms with van der Waals surface area (Å²) in [4.78, 5) is 24.8. The van der Waals surface area contributed by atoms with Gasteiger partial charge >= 0.3 is 0 Å². The van der Waals surface area contributed by atoms with Gasteiger partial charge in [0.25, 0.3) is 11.5 Å². The third-order valence-electron chi connectivity index (χ3n) is 3.34. The Hall–Kier alpha value is -2.21. The Morgan fingerprint density at radius 3 is 2.64 bits per heavy atom. The predicted molar refractivity (Wildman–Crippen MR) is 85.2 cm³/mol. The molecular weight excluding hydrogens is 282 g/mol. The molecule has 0 aliphatic carbocycles. The van der Waals surface area contributed by atoms with Crippen molar-refractivity contribution in [3.05, 3.63) is 40.3 Å². The third kappa shape index (κ3) is 3.33. The quantitative estimate of drug-likeness (QED) is 0.825. The van der Waals surface area contributed by atoms with Crippen LogP contribution in [0.1, 0.15) is 36.8 Å². The van der Waals surface area contributed by atoms with Crippen molar-refractivity contribution >= 4 is 16.7 Å². The maximum atomic E-state index is 12.4. The second-order valence-corrected chi connectivity index (χ2v) is 5.34. The first-order valence-corrected chi connectivity index (χ1v) is 7.35. The molecule has 0 radical (unpaired) electrons. The van der Waals surface area contributed by atoms with Gasteiger partial charge in [-0.05, 0) is 26.3 Å². The maximum absolute atomic E-state index is 12.4. The summed E-state index contributed by atoms with van der Waals surface area (Å²) in [5.41, 5.74) is 0.0999. The number of carbonyl (C=O) groups is 1. The van der Waals surface area contributed by atoms with Crippen LogP contribution in [0.5, 0.6) is 0 Å². The Kier molecular flexibility index (Phi) is 5.27. The van der Waals surface area contributed by atoms with Gasteiger partial charge in [0.1, 0.15) is 0 Å². The molecule has 6 heteroatoms. The van der Waals surface area contributed by atoms with Gasteiger partial charge < -0.3 is 10.1 Å². The molecule has 0 aliphatic heterocycles. The van der Waals surface area contributed by atoms with Crippen molar-refractivity contribution in [3.63, 3.8) is 0 Å². The van der Waals surface area contributed by atoms with Crippen LogP contribution in [0.3, 0.4) is 0 Å². The molecule has 1 amide bonds. The van der Waals surface area contributed by atoms with Crippen molar-refractivity contribution in [1.29, 1.82) is 0 Å². The van der Waals surface area contributed by atoms with Crippen molar-refractivity contribution in [2.45, 2.75) is 26.3 Å². The highest BCUT2D eigenvalue weighted by Gasteiger charge is 2.17. The topological polar surface area (TPSA) is 73.2 Å². The van der Waals surface area contributed by atoms with Crippen molar-refractivity contribution in [1.82, 2.24) is 15.1 Å². The van der Waals surface area contributed by atoms with Gasteiger partial charge in [-0.25, -0.2) is 4.68 Å². The lowest BCUT2D eigenvalue weighted by Gasteiger charge is -2.13. The molecule has 2 rings (SSSR count). The first-order chi connectivity index (χ1) is 10.6. The molecule has 1 heterocycles. The van der Waals surface area contributed by atoms with Crippen LogP contribution in [0.15, 0.2) is 29.1 Å². The SMILES string of the molecule is COCCCNC(=O)c1nn(C(C)C)c(=O)c2ccccc12.